The van der Waals surface area contributed by atoms with E-state index in [1.165, 1.54) is 372 Å². The number of nitrogens with one attached hydrogen (secondary N) is 1. The van der Waals surface area contributed by atoms with Crippen molar-refractivity contribution in [3.63, 3.8) is 0 Å². The summed E-state index contributed by atoms with van der Waals surface area (Å²) in [6.45, 7) is 4.94. The van der Waals surface area contributed by atoms with Crippen LogP contribution in [0.3, 0.4) is 0 Å². The van der Waals surface area contributed by atoms with Gasteiger partial charge in [0.15, 0.2) is 0 Å². The number of ether oxygens (including phenoxy) is 1. The Morgan fingerprint density at radius 3 is 0.875 bits per heavy atom. The number of unbranched alkanes of at least 4 members (excludes halogenated alkanes) is 61. The first-order valence-electron chi connectivity index (χ1n) is 40.3. The molecule has 0 radical (unpaired) electrons. The van der Waals surface area contributed by atoms with E-state index in [1.54, 1.807) is 6.08 Å². The smallest absolute Gasteiger partial charge is 0.305 e. The first-order chi connectivity index (χ1) is 43.5. The van der Waals surface area contributed by atoms with Crippen molar-refractivity contribution >= 4 is 11.9 Å². The number of rotatable bonds is 76. The predicted octanol–water partition coefficient (Wildman–Crippen LogP) is 26.6. The second-order valence-electron chi connectivity index (χ2n) is 27.8. The van der Waals surface area contributed by atoms with Crippen molar-refractivity contribution in [3.8, 4) is 0 Å². The third-order valence-electron chi connectivity index (χ3n) is 18.9. The molecule has 520 valence electrons. The number of esters is 1. The van der Waals surface area contributed by atoms with Crippen LogP contribution < -0.4 is 5.32 Å². The highest BCUT2D eigenvalue weighted by atomic mass is 16.5. The molecule has 0 saturated heterocycles. The van der Waals surface area contributed by atoms with Gasteiger partial charge in [-0.1, -0.05) is 410 Å². The number of hydrogen-bond acceptors (Lipinski definition) is 5. The van der Waals surface area contributed by atoms with Crippen LogP contribution in [0, 0.1) is 0 Å². The Labute approximate surface area is 551 Å². The summed E-state index contributed by atoms with van der Waals surface area (Å²) in [6.07, 6.45) is 101. The second-order valence-corrected chi connectivity index (χ2v) is 27.8. The maximum absolute atomic E-state index is 12.6. The Morgan fingerprint density at radius 1 is 0.318 bits per heavy atom. The van der Waals surface area contributed by atoms with Gasteiger partial charge >= 0.3 is 5.97 Å². The van der Waals surface area contributed by atoms with Crippen LogP contribution in [0.1, 0.15) is 450 Å². The van der Waals surface area contributed by atoms with Crippen LogP contribution >= 0.6 is 0 Å². The highest BCUT2D eigenvalue weighted by Crippen LogP contribution is 2.20. The molecular formula is C82H157NO5. The Hall–Kier alpha value is -1.92. The van der Waals surface area contributed by atoms with Crippen LogP contribution in [0.25, 0.3) is 0 Å². The molecule has 88 heavy (non-hydrogen) atoms. The average Bonchev–Trinajstić information content (AvgIpc) is 3.58. The first kappa shape index (κ1) is 86.1. The van der Waals surface area contributed by atoms with Gasteiger partial charge in [0, 0.05) is 12.8 Å². The summed E-state index contributed by atoms with van der Waals surface area (Å²) in [5.41, 5.74) is 0. The van der Waals surface area contributed by atoms with Crippen molar-refractivity contribution in [2.45, 2.75) is 463 Å². The van der Waals surface area contributed by atoms with E-state index in [2.05, 4.69) is 43.5 Å². The number of amides is 1. The van der Waals surface area contributed by atoms with Crippen molar-refractivity contribution in [2.24, 2.45) is 0 Å². The molecule has 0 aromatic heterocycles. The minimum absolute atomic E-state index is 0.0120. The van der Waals surface area contributed by atoms with E-state index in [1.807, 2.05) is 6.08 Å². The van der Waals surface area contributed by atoms with E-state index in [0.29, 0.717) is 19.4 Å². The lowest BCUT2D eigenvalue weighted by Gasteiger charge is -2.20. The summed E-state index contributed by atoms with van der Waals surface area (Å²) in [5.74, 6) is -0.0477. The molecule has 0 aliphatic rings. The number of carbonyl (C=O) groups excluding carboxylic acids is 2. The van der Waals surface area contributed by atoms with Crippen molar-refractivity contribution < 1.29 is 24.5 Å². The van der Waals surface area contributed by atoms with Crippen molar-refractivity contribution in [1.82, 2.24) is 5.32 Å². The lowest BCUT2D eigenvalue weighted by atomic mass is 10.0. The van der Waals surface area contributed by atoms with Gasteiger partial charge in [-0.25, -0.2) is 0 Å². The number of aliphatic hydroxyl groups excluding tert-OH is 2. The highest BCUT2D eigenvalue weighted by molar-refractivity contribution is 5.76. The van der Waals surface area contributed by atoms with Gasteiger partial charge in [0.1, 0.15) is 0 Å². The second kappa shape index (κ2) is 77.5. The molecule has 2 unspecified atom stereocenters. The molecule has 0 aliphatic carbocycles. The van der Waals surface area contributed by atoms with Gasteiger partial charge in [0.2, 0.25) is 5.91 Å². The van der Waals surface area contributed by atoms with Crippen molar-refractivity contribution in [2.75, 3.05) is 13.2 Å². The fourth-order valence-electron chi connectivity index (χ4n) is 12.8. The maximum Gasteiger partial charge on any atom is 0.305 e. The molecule has 0 rings (SSSR count). The highest BCUT2D eigenvalue weighted by Gasteiger charge is 2.18. The molecule has 1 amide bonds. The van der Waals surface area contributed by atoms with E-state index >= 15 is 0 Å². The zero-order chi connectivity index (χ0) is 63.5. The van der Waals surface area contributed by atoms with Crippen LogP contribution in [-0.2, 0) is 14.3 Å². The van der Waals surface area contributed by atoms with E-state index in [4.69, 9.17) is 4.74 Å². The van der Waals surface area contributed by atoms with Gasteiger partial charge in [-0.2, -0.15) is 0 Å². The number of carbonyl (C=O) groups is 2. The molecular weight excluding hydrogens is 1080 g/mol. The van der Waals surface area contributed by atoms with Crippen LogP contribution in [0.15, 0.2) is 36.5 Å². The van der Waals surface area contributed by atoms with Gasteiger partial charge in [0.05, 0.1) is 25.4 Å². The van der Waals surface area contributed by atoms with Crippen LogP contribution in [0.2, 0.25) is 0 Å². The molecule has 6 nitrogen and oxygen atoms in total. The molecule has 0 aliphatic heterocycles. The summed E-state index contributed by atoms with van der Waals surface area (Å²) >= 11 is 0. The summed E-state index contributed by atoms with van der Waals surface area (Å²) in [5, 5.41) is 23.3. The lowest BCUT2D eigenvalue weighted by molar-refractivity contribution is -0.143. The Bertz CT molecular complexity index is 1430. The van der Waals surface area contributed by atoms with Crippen LogP contribution in [0.4, 0.5) is 0 Å². The SMILES string of the molecule is CCCCCC/C=C\C/C=C\CCCCCCCCCC(=O)OCCCCCCCCCCCCCCCCCCCCCCCCCCCCCCC(=O)NC(CO)C(O)/C=C/CCCCCCCCCCCCCCCCCCCCCCCCC. The largest absolute Gasteiger partial charge is 0.466 e. The normalized spacial score (nSPS) is 12.6. The zero-order valence-electron chi connectivity index (χ0n) is 59.7. The first-order valence-corrected chi connectivity index (χ1v) is 40.3. The molecule has 2 atom stereocenters. The minimum atomic E-state index is -0.844. The minimum Gasteiger partial charge on any atom is -0.466 e. The standard InChI is InChI=1S/C82H157NO5/c1-3-5-7-9-11-13-15-17-19-21-23-24-25-30-33-36-39-42-46-50-54-58-62-66-70-74-80(85)79(78-84)83-81(86)75-71-67-63-59-55-51-47-43-40-37-34-31-28-26-27-29-32-35-38-41-45-49-53-57-61-65-69-73-77-88-82(87)76-72-68-64-60-56-52-48-44-22-20-18-16-14-12-10-8-6-4-2/h14,16,20,22,70,74,79-80,84-85H,3-13,15,17-19,21,23-69,71-73,75-78H2,1-2H3,(H,83,86)/b16-14-,22-20-,74-70+. The molecule has 0 saturated carbocycles. The molecule has 0 fully saturated rings. The van der Waals surface area contributed by atoms with E-state index in [-0.39, 0.29) is 18.5 Å². The summed E-state index contributed by atoms with van der Waals surface area (Å²) in [7, 11) is 0. The molecule has 0 spiro atoms. The van der Waals surface area contributed by atoms with Crippen molar-refractivity contribution in [1.29, 1.82) is 0 Å². The zero-order valence-corrected chi connectivity index (χ0v) is 59.7. The quantitative estimate of drug-likeness (QED) is 0.0320. The van der Waals surface area contributed by atoms with Gasteiger partial charge in [0.25, 0.3) is 0 Å². The van der Waals surface area contributed by atoms with Gasteiger partial charge < -0.3 is 20.3 Å². The van der Waals surface area contributed by atoms with Crippen LogP contribution in [-0.4, -0.2) is 47.4 Å². The third kappa shape index (κ3) is 73.1. The Morgan fingerprint density at radius 2 is 0.568 bits per heavy atom. The molecule has 0 aromatic rings. The van der Waals surface area contributed by atoms with E-state index < -0.39 is 12.1 Å². The predicted molar refractivity (Wildman–Crippen MR) is 389 cm³/mol. The molecule has 0 heterocycles. The van der Waals surface area contributed by atoms with E-state index in [9.17, 15) is 19.8 Å². The van der Waals surface area contributed by atoms with Gasteiger partial charge in [-0.15, -0.1) is 0 Å². The molecule has 6 heteroatoms. The van der Waals surface area contributed by atoms with Crippen LogP contribution in [0.5, 0.6) is 0 Å². The molecule has 0 bridgehead atoms. The number of aliphatic hydroxyl groups is 2. The summed E-state index contributed by atoms with van der Waals surface area (Å²) in [4.78, 5) is 24.7. The fourth-order valence-corrected chi connectivity index (χ4v) is 12.8. The third-order valence-corrected chi connectivity index (χ3v) is 18.9. The molecule has 3 N–H and O–H groups in total. The average molecular weight is 1240 g/mol. The Kier molecular flexibility index (Phi) is 75.8. The summed E-state index contributed by atoms with van der Waals surface area (Å²) in [6, 6.07) is -0.627. The topological polar surface area (TPSA) is 95.9 Å². The Balaban J connectivity index is 3.37. The van der Waals surface area contributed by atoms with Crippen molar-refractivity contribution in [3.05, 3.63) is 36.5 Å². The summed E-state index contributed by atoms with van der Waals surface area (Å²) < 4.78 is 5.51. The van der Waals surface area contributed by atoms with Gasteiger partial charge in [-0.3, -0.25) is 9.59 Å². The molecule has 0 aromatic carbocycles. The monoisotopic (exact) mass is 1240 g/mol. The number of hydrogen-bond donors (Lipinski definition) is 3. The number of allylic oxidation sites excluding steroid dienone is 5. The maximum atomic E-state index is 12.6. The van der Waals surface area contributed by atoms with E-state index in [0.717, 1.165) is 51.4 Å². The lowest BCUT2D eigenvalue weighted by Crippen LogP contribution is -2.45. The van der Waals surface area contributed by atoms with Gasteiger partial charge in [-0.05, 0) is 64.2 Å². The fraction of sp³-hybridized carbons (Fsp3) is 0.902.